The lowest BCUT2D eigenvalue weighted by atomic mass is 10.00. The summed E-state index contributed by atoms with van der Waals surface area (Å²) in [5.41, 5.74) is 0.209. The summed E-state index contributed by atoms with van der Waals surface area (Å²) in [6, 6.07) is 1.41. The Kier molecular flexibility index (Phi) is 5.96. The van der Waals surface area contributed by atoms with Crippen molar-refractivity contribution >= 4 is 22.5 Å². The minimum absolute atomic E-state index is 0.209. The third-order valence-electron chi connectivity index (χ3n) is 6.32. The maximum Gasteiger partial charge on any atom is 0.172 e. The Morgan fingerprint density at radius 2 is 1.45 bits per heavy atom. The molecule has 0 saturated carbocycles. The second-order valence-electron chi connectivity index (χ2n) is 8.91. The minimum Gasteiger partial charge on any atom is -0.415 e. The van der Waals surface area contributed by atoms with Gasteiger partial charge in [0.05, 0.1) is 12.7 Å². The van der Waals surface area contributed by atoms with Gasteiger partial charge in [-0.25, -0.2) is 0 Å². The lowest BCUT2D eigenvalue weighted by Gasteiger charge is -2.58. The van der Waals surface area contributed by atoms with Gasteiger partial charge in [-0.3, -0.25) is 0 Å². The van der Waals surface area contributed by atoms with Crippen LogP contribution in [0, 0.1) is 0 Å². The highest BCUT2D eigenvalue weighted by molar-refractivity contribution is 7.67. The molecule has 20 heavy (non-hydrogen) atoms. The number of hydrogen-bond donors (Lipinski definition) is 0. The zero-order valence-corrected chi connectivity index (χ0v) is 18.4. The van der Waals surface area contributed by atoms with Crippen molar-refractivity contribution in [2.75, 3.05) is 0 Å². The Labute approximate surface area is 130 Å². The van der Waals surface area contributed by atoms with Crippen LogP contribution in [0.3, 0.4) is 0 Å². The second-order valence-corrected chi connectivity index (χ2v) is 36.2. The molecule has 1 fully saturated rings. The van der Waals surface area contributed by atoms with E-state index in [9.17, 15) is 0 Å². The Morgan fingerprint density at radius 3 is 1.95 bits per heavy atom. The van der Waals surface area contributed by atoms with Crippen molar-refractivity contribution in [2.24, 2.45) is 0 Å². The van der Waals surface area contributed by atoms with E-state index in [4.69, 9.17) is 4.43 Å². The Hall–Kier alpha value is 0.611. The summed E-state index contributed by atoms with van der Waals surface area (Å²) < 4.78 is 6.85. The molecule has 1 rings (SSSR count). The van der Waals surface area contributed by atoms with Crippen molar-refractivity contribution in [1.82, 2.24) is 0 Å². The summed E-state index contributed by atoms with van der Waals surface area (Å²) in [5.74, 6) is 0. The largest absolute Gasteiger partial charge is 0.415 e. The lowest BCUT2D eigenvalue weighted by molar-refractivity contribution is 0.0877. The fraction of sp³-hybridized carbons (Fsp3) is 1.00. The fourth-order valence-electron chi connectivity index (χ4n) is 3.99. The van der Waals surface area contributed by atoms with Gasteiger partial charge in [0.2, 0.25) is 0 Å². The standard InChI is InChI=1S/C16H38OSi3/c1-9-10-11-12-13-14-16(2)15-18(3,4)20(7,8)19(5,6)17-16/h9-15H2,1-8H3. The summed E-state index contributed by atoms with van der Waals surface area (Å²) >= 11 is 0. The van der Waals surface area contributed by atoms with Crippen LogP contribution in [0.2, 0.25) is 45.3 Å². The second kappa shape index (κ2) is 6.39. The summed E-state index contributed by atoms with van der Waals surface area (Å²) in [6.45, 7) is 20.3. The van der Waals surface area contributed by atoms with Gasteiger partial charge < -0.3 is 4.43 Å². The van der Waals surface area contributed by atoms with Crippen molar-refractivity contribution in [3.8, 4) is 0 Å². The molecule has 0 radical (unpaired) electrons. The van der Waals surface area contributed by atoms with Crippen molar-refractivity contribution in [3.05, 3.63) is 0 Å². The van der Waals surface area contributed by atoms with E-state index in [0.717, 1.165) is 0 Å². The van der Waals surface area contributed by atoms with Crippen molar-refractivity contribution in [3.63, 3.8) is 0 Å². The van der Waals surface area contributed by atoms with E-state index in [1.807, 2.05) is 0 Å². The molecule has 0 aromatic heterocycles. The molecule has 1 atom stereocenters. The summed E-state index contributed by atoms with van der Waals surface area (Å²) in [4.78, 5) is 0. The van der Waals surface area contributed by atoms with Gasteiger partial charge in [-0.15, -0.1) is 0 Å². The van der Waals surface area contributed by atoms with Gasteiger partial charge in [0.1, 0.15) is 0 Å². The summed E-state index contributed by atoms with van der Waals surface area (Å²) in [5, 5.41) is 0. The minimum atomic E-state index is -1.46. The first-order valence-electron chi connectivity index (χ1n) is 8.68. The average molecular weight is 331 g/mol. The van der Waals surface area contributed by atoms with Crippen LogP contribution in [0.5, 0.6) is 0 Å². The molecule has 120 valence electrons. The molecule has 0 aromatic carbocycles. The molecule has 1 nitrogen and oxygen atoms in total. The van der Waals surface area contributed by atoms with Gasteiger partial charge in [-0.05, 0) is 32.5 Å². The zero-order valence-electron chi connectivity index (χ0n) is 15.4. The number of hydrogen-bond acceptors (Lipinski definition) is 1. The predicted molar refractivity (Wildman–Crippen MR) is 100 cm³/mol. The Morgan fingerprint density at radius 1 is 0.900 bits per heavy atom. The normalized spacial score (nSPS) is 31.2. The van der Waals surface area contributed by atoms with Gasteiger partial charge in [0.25, 0.3) is 0 Å². The Balaban J connectivity index is 2.68. The first-order chi connectivity index (χ1) is 8.97. The molecule has 0 N–H and O–H groups in total. The van der Waals surface area contributed by atoms with E-state index in [-0.39, 0.29) is 5.60 Å². The van der Waals surface area contributed by atoms with Gasteiger partial charge in [-0.1, -0.05) is 65.2 Å². The highest BCUT2D eigenvalue weighted by Gasteiger charge is 2.61. The van der Waals surface area contributed by atoms with E-state index < -0.39 is 22.5 Å². The molecule has 1 aliphatic rings. The first kappa shape index (κ1) is 18.7. The van der Waals surface area contributed by atoms with Gasteiger partial charge in [0.15, 0.2) is 7.83 Å². The van der Waals surface area contributed by atoms with Crippen LogP contribution < -0.4 is 0 Å². The molecule has 0 bridgehead atoms. The van der Waals surface area contributed by atoms with Crippen LogP contribution in [0.25, 0.3) is 0 Å². The fourth-order valence-corrected chi connectivity index (χ4v) is 34.8. The zero-order chi connectivity index (χ0) is 15.7. The molecule has 1 aliphatic heterocycles. The van der Waals surface area contributed by atoms with Gasteiger partial charge in [-0.2, -0.15) is 0 Å². The van der Waals surface area contributed by atoms with Crippen LogP contribution in [0.4, 0.5) is 0 Å². The average Bonchev–Trinajstić information content (AvgIpc) is 2.25. The molecule has 0 aliphatic carbocycles. The third kappa shape index (κ3) is 3.87. The van der Waals surface area contributed by atoms with E-state index >= 15 is 0 Å². The highest BCUT2D eigenvalue weighted by Crippen LogP contribution is 2.45. The molecule has 4 heteroatoms. The molecular formula is C16H38OSi3. The topological polar surface area (TPSA) is 9.23 Å². The maximum atomic E-state index is 6.85. The number of unbranched alkanes of at least 4 members (excludes halogenated alkanes) is 4. The summed E-state index contributed by atoms with van der Waals surface area (Å²) in [6.07, 6.45) is 8.22. The van der Waals surface area contributed by atoms with E-state index in [0.29, 0.717) is 0 Å². The SMILES string of the molecule is CCCCCCCC1(C)C[Si](C)(C)[Si](C)(C)[Si](C)(C)O1. The molecule has 0 spiro atoms. The monoisotopic (exact) mass is 330 g/mol. The molecule has 1 heterocycles. The van der Waals surface area contributed by atoms with Gasteiger partial charge in [0, 0.05) is 7.59 Å². The van der Waals surface area contributed by atoms with Crippen molar-refractivity contribution in [1.29, 1.82) is 0 Å². The van der Waals surface area contributed by atoms with Crippen molar-refractivity contribution in [2.45, 2.75) is 103 Å². The third-order valence-corrected chi connectivity index (χ3v) is 46.9. The van der Waals surface area contributed by atoms with Crippen LogP contribution in [0.15, 0.2) is 0 Å². The molecule has 1 saturated heterocycles. The maximum absolute atomic E-state index is 6.85. The molecular weight excluding hydrogens is 292 g/mol. The summed E-state index contributed by atoms with van der Waals surface area (Å²) in [7, 11) is -3.69. The van der Waals surface area contributed by atoms with Crippen LogP contribution in [-0.4, -0.2) is 28.1 Å². The van der Waals surface area contributed by atoms with Crippen molar-refractivity contribution < 1.29 is 4.43 Å². The highest BCUT2D eigenvalue weighted by atomic mass is 29.6. The van der Waals surface area contributed by atoms with Crippen LogP contribution in [-0.2, 0) is 4.43 Å². The van der Waals surface area contributed by atoms with E-state index in [2.05, 4.69) is 53.1 Å². The quantitative estimate of drug-likeness (QED) is 0.434. The van der Waals surface area contributed by atoms with Crippen LogP contribution >= 0.6 is 0 Å². The first-order valence-corrected chi connectivity index (χ1v) is 19.8. The molecule has 0 aromatic rings. The molecule has 1 unspecified atom stereocenters. The smallest absolute Gasteiger partial charge is 0.172 e. The number of rotatable bonds is 6. The van der Waals surface area contributed by atoms with E-state index in [1.165, 1.54) is 44.6 Å². The van der Waals surface area contributed by atoms with E-state index in [1.54, 1.807) is 0 Å². The van der Waals surface area contributed by atoms with Gasteiger partial charge >= 0.3 is 0 Å². The predicted octanol–water partition coefficient (Wildman–Crippen LogP) is 5.91. The lowest BCUT2D eigenvalue weighted by Crippen LogP contribution is -2.78. The molecule has 0 amide bonds. The Bertz CT molecular complexity index is 304. The van der Waals surface area contributed by atoms with Crippen LogP contribution in [0.1, 0.15) is 52.4 Å².